The molecule has 2 aliphatic heterocycles. The number of aryl methyl sites for hydroxylation is 1. The van der Waals surface area contributed by atoms with E-state index in [1.807, 2.05) is 13.1 Å². The van der Waals surface area contributed by atoms with Gasteiger partial charge in [0.25, 0.3) is 11.8 Å². The quantitative estimate of drug-likeness (QED) is 0.743. The van der Waals surface area contributed by atoms with E-state index in [1.54, 1.807) is 27.4 Å². The molecule has 2 aromatic rings. The van der Waals surface area contributed by atoms with E-state index in [1.165, 1.54) is 6.20 Å². The van der Waals surface area contributed by atoms with Crippen molar-refractivity contribution in [2.24, 2.45) is 0 Å². The van der Waals surface area contributed by atoms with Crippen LogP contribution in [0.2, 0.25) is 0 Å². The van der Waals surface area contributed by atoms with Crippen molar-refractivity contribution in [2.45, 2.75) is 19.4 Å². The fourth-order valence-electron chi connectivity index (χ4n) is 3.56. The largest absolute Gasteiger partial charge is 0.378 e. The second-order valence-electron chi connectivity index (χ2n) is 7.17. The molecule has 1 unspecified atom stereocenters. The molecule has 0 spiro atoms. The molecule has 2 saturated heterocycles. The Balaban J connectivity index is 1.54. The zero-order valence-electron chi connectivity index (χ0n) is 15.6. The molecule has 2 aromatic heterocycles. The third kappa shape index (κ3) is 3.28. The van der Waals surface area contributed by atoms with Gasteiger partial charge in [-0.05, 0) is 19.4 Å². The van der Waals surface area contributed by atoms with Crippen LogP contribution in [-0.2, 0) is 14.3 Å². The van der Waals surface area contributed by atoms with Crippen LogP contribution in [-0.4, -0.2) is 87.8 Å². The molecule has 4 heterocycles. The number of morpholine rings is 2. The van der Waals surface area contributed by atoms with Crippen LogP contribution in [0.1, 0.15) is 22.8 Å². The van der Waals surface area contributed by atoms with Crippen LogP contribution < -0.4 is 0 Å². The molecule has 9 heteroatoms. The van der Waals surface area contributed by atoms with E-state index in [4.69, 9.17) is 9.47 Å². The Morgan fingerprint density at radius 2 is 1.85 bits per heavy atom. The topological polar surface area (TPSA) is 89.3 Å². The summed E-state index contributed by atoms with van der Waals surface area (Å²) >= 11 is 0. The minimum absolute atomic E-state index is 0.100. The van der Waals surface area contributed by atoms with Gasteiger partial charge in [-0.2, -0.15) is 5.10 Å². The van der Waals surface area contributed by atoms with E-state index in [0.29, 0.717) is 50.7 Å². The molecule has 0 radical (unpaired) electrons. The van der Waals surface area contributed by atoms with Gasteiger partial charge >= 0.3 is 0 Å². The molecule has 2 amide bonds. The van der Waals surface area contributed by atoms with Gasteiger partial charge in [0.1, 0.15) is 5.56 Å². The fourth-order valence-corrected chi connectivity index (χ4v) is 3.56. The standard InChI is InChI=1S/C18H23N5O4/c1-13-9-19-15-14(10-20-23(15)11-13)16(24)22-5-8-27-18(2,12-22)17(25)21-3-6-26-7-4-21/h9-11H,3-8,12H2,1-2H3. The summed E-state index contributed by atoms with van der Waals surface area (Å²) in [5.74, 6) is -0.289. The van der Waals surface area contributed by atoms with E-state index in [2.05, 4.69) is 10.1 Å². The molecule has 0 aliphatic carbocycles. The third-order valence-electron chi connectivity index (χ3n) is 5.03. The van der Waals surface area contributed by atoms with Crippen molar-refractivity contribution in [3.63, 3.8) is 0 Å². The Bertz CT molecular complexity index is 876. The normalized spacial score (nSPS) is 23.6. The summed E-state index contributed by atoms with van der Waals surface area (Å²) in [5, 5.41) is 4.23. The van der Waals surface area contributed by atoms with E-state index >= 15 is 0 Å². The first kappa shape index (κ1) is 17.9. The Kier molecular flexibility index (Phi) is 4.56. The summed E-state index contributed by atoms with van der Waals surface area (Å²) in [5.41, 5.74) is 0.842. The Morgan fingerprint density at radius 3 is 2.63 bits per heavy atom. The highest BCUT2D eigenvalue weighted by Crippen LogP contribution is 2.23. The van der Waals surface area contributed by atoms with Crippen LogP contribution in [0.5, 0.6) is 0 Å². The number of carbonyl (C=O) groups excluding carboxylic acids is 2. The molecule has 27 heavy (non-hydrogen) atoms. The first-order valence-corrected chi connectivity index (χ1v) is 9.08. The monoisotopic (exact) mass is 373 g/mol. The highest BCUT2D eigenvalue weighted by molar-refractivity contribution is 6.00. The van der Waals surface area contributed by atoms with E-state index in [-0.39, 0.29) is 18.4 Å². The molecule has 2 fully saturated rings. The molecular formula is C18H23N5O4. The predicted molar refractivity (Wildman–Crippen MR) is 95.4 cm³/mol. The summed E-state index contributed by atoms with van der Waals surface area (Å²) < 4.78 is 12.7. The first-order chi connectivity index (χ1) is 13.0. The van der Waals surface area contributed by atoms with Crippen molar-refractivity contribution >= 4 is 17.5 Å². The van der Waals surface area contributed by atoms with Gasteiger partial charge in [0.2, 0.25) is 0 Å². The van der Waals surface area contributed by atoms with Crippen molar-refractivity contribution in [2.75, 3.05) is 46.0 Å². The minimum atomic E-state index is -1.06. The van der Waals surface area contributed by atoms with Crippen LogP contribution in [0.15, 0.2) is 18.6 Å². The van der Waals surface area contributed by atoms with Crippen LogP contribution >= 0.6 is 0 Å². The van der Waals surface area contributed by atoms with Crippen LogP contribution in [0.25, 0.3) is 5.65 Å². The summed E-state index contributed by atoms with van der Waals surface area (Å²) in [6.45, 7) is 6.74. The van der Waals surface area contributed by atoms with Gasteiger partial charge in [0.05, 0.1) is 32.6 Å². The van der Waals surface area contributed by atoms with Gasteiger partial charge in [0.15, 0.2) is 11.2 Å². The Morgan fingerprint density at radius 1 is 1.11 bits per heavy atom. The lowest BCUT2D eigenvalue weighted by Crippen LogP contribution is -2.61. The lowest BCUT2D eigenvalue weighted by Gasteiger charge is -2.42. The smallest absolute Gasteiger partial charge is 0.259 e. The lowest BCUT2D eigenvalue weighted by atomic mass is 10.0. The molecular weight excluding hydrogens is 350 g/mol. The molecule has 4 rings (SSSR count). The number of amides is 2. The number of nitrogens with zero attached hydrogens (tertiary/aromatic N) is 5. The molecule has 1 atom stereocenters. The maximum Gasteiger partial charge on any atom is 0.259 e. The zero-order valence-corrected chi connectivity index (χ0v) is 15.6. The van der Waals surface area contributed by atoms with Crippen LogP contribution in [0, 0.1) is 6.92 Å². The van der Waals surface area contributed by atoms with Crippen molar-refractivity contribution in [3.8, 4) is 0 Å². The van der Waals surface area contributed by atoms with Gasteiger partial charge in [0, 0.05) is 32.0 Å². The average Bonchev–Trinajstić information content (AvgIpc) is 3.10. The molecule has 2 aliphatic rings. The van der Waals surface area contributed by atoms with E-state index < -0.39 is 5.60 Å². The molecule has 9 nitrogen and oxygen atoms in total. The molecule has 0 N–H and O–H groups in total. The predicted octanol–water partition coefficient (Wildman–Crippen LogP) is 0.128. The highest BCUT2D eigenvalue weighted by atomic mass is 16.5. The van der Waals surface area contributed by atoms with Gasteiger partial charge in [-0.25, -0.2) is 9.50 Å². The van der Waals surface area contributed by atoms with Gasteiger partial charge < -0.3 is 19.3 Å². The SMILES string of the molecule is Cc1cnc2c(C(=O)N3CCOC(C)(C(=O)N4CCOCC4)C3)cnn2c1. The summed E-state index contributed by atoms with van der Waals surface area (Å²) in [7, 11) is 0. The number of fused-ring (bicyclic) bond motifs is 1. The summed E-state index contributed by atoms with van der Waals surface area (Å²) in [6, 6.07) is 0. The zero-order chi connectivity index (χ0) is 19.0. The van der Waals surface area contributed by atoms with Gasteiger partial charge in [-0.1, -0.05) is 0 Å². The second kappa shape index (κ2) is 6.90. The maximum absolute atomic E-state index is 13.1. The molecule has 0 aromatic carbocycles. The fraction of sp³-hybridized carbons (Fsp3) is 0.556. The highest BCUT2D eigenvalue weighted by Gasteiger charge is 2.43. The van der Waals surface area contributed by atoms with Crippen molar-refractivity contribution in [1.29, 1.82) is 0 Å². The number of hydrogen-bond donors (Lipinski definition) is 0. The van der Waals surface area contributed by atoms with Crippen LogP contribution in [0.3, 0.4) is 0 Å². The maximum atomic E-state index is 13.1. The number of aromatic nitrogens is 3. The lowest BCUT2D eigenvalue weighted by molar-refractivity contribution is -0.168. The Labute approximate surface area is 156 Å². The third-order valence-corrected chi connectivity index (χ3v) is 5.03. The number of carbonyl (C=O) groups is 2. The number of rotatable bonds is 2. The minimum Gasteiger partial charge on any atom is -0.378 e. The first-order valence-electron chi connectivity index (χ1n) is 9.08. The van der Waals surface area contributed by atoms with E-state index in [0.717, 1.165) is 5.56 Å². The number of ether oxygens (including phenoxy) is 2. The molecule has 0 saturated carbocycles. The summed E-state index contributed by atoms with van der Waals surface area (Å²) in [6.07, 6.45) is 5.06. The van der Waals surface area contributed by atoms with Crippen molar-refractivity contribution in [1.82, 2.24) is 24.4 Å². The second-order valence-corrected chi connectivity index (χ2v) is 7.17. The Hall–Kier alpha value is -2.52. The molecule has 144 valence electrons. The van der Waals surface area contributed by atoms with Crippen LogP contribution in [0.4, 0.5) is 0 Å². The van der Waals surface area contributed by atoms with Gasteiger partial charge in [-0.3, -0.25) is 9.59 Å². The van der Waals surface area contributed by atoms with Crippen molar-refractivity contribution in [3.05, 3.63) is 29.7 Å². The van der Waals surface area contributed by atoms with E-state index in [9.17, 15) is 9.59 Å². The van der Waals surface area contributed by atoms with Gasteiger partial charge in [-0.15, -0.1) is 0 Å². The number of hydrogen-bond acceptors (Lipinski definition) is 6. The van der Waals surface area contributed by atoms with Crippen molar-refractivity contribution < 1.29 is 19.1 Å². The molecule has 0 bridgehead atoms. The average molecular weight is 373 g/mol. The summed E-state index contributed by atoms with van der Waals surface area (Å²) in [4.78, 5) is 33.8.